The topological polar surface area (TPSA) is 1000 Å². The molecule has 2 amide bonds. The van der Waals surface area contributed by atoms with E-state index in [1.165, 1.54) is 0 Å². The van der Waals surface area contributed by atoms with E-state index < -0.39 is 305 Å². The second-order valence-electron chi connectivity index (χ2n) is 23.9. The monoisotopic (exact) mass is 2150 g/mol. The third-order valence-electron chi connectivity index (χ3n) is 14.9. The van der Waals surface area contributed by atoms with E-state index in [4.69, 9.17) is 28.4 Å². The summed E-state index contributed by atoms with van der Waals surface area (Å²) in [7, 11) is -85.4. The van der Waals surface area contributed by atoms with Gasteiger partial charge in [-0.2, -0.15) is 118 Å². The van der Waals surface area contributed by atoms with Crippen LogP contribution in [0.2, 0.25) is 0 Å². The Balaban J connectivity index is 1.13. The number of benzene rings is 3. The molecule has 3 aromatic carbocycles. The number of thioether (sulfide) groups is 2. The Kier molecular flexibility index (Phi) is 35.6. The number of hydrogen-bond donors (Lipinski definition) is 16. The molecular formula is C44H56N2O64S16. The van der Waals surface area contributed by atoms with E-state index in [0.29, 0.717) is 0 Å². The minimum atomic E-state index is -6.30. The zero-order valence-electron chi connectivity index (χ0n) is 59.5. The lowest BCUT2D eigenvalue weighted by molar-refractivity contribution is -0.325. The summed E-state index contributed by atoms with van der Waals surface area (Å²) in [6.45, 7) is -7.63. The van der Waals surface area contributed by atoms with Crippen LogP contribution in [0.15, 0.2) is 82.6 Å². The van der Waals surface area contributed by atoms with Crippen molar-refractivity contribution in [1.82, 2.24) is 0 Å². The van der Waals surface area contributed by atoms with Gasteiger partial charge in [0.1, 0.15) is 96.3 Å². The summed E-state index contributed by atoms with van der Waals surface area (Å²) in [5.41, 5.74) is -5.78. The van der Waals surface area contributed by atoms with Crippen molar-refractivity contribution in [1.29, 1.82) is 0 Å². The fraction of sp³-hybridized carbons (Fsp3) is 0.545. The molecule has 4 aliphatic heterocycles. The lowest BCUT2D eigenvalue weighted by Crippen LogP contribution is -2.66. The molecule has 0 saturated carbocycles. The molecule has 82 heteroatoms. The zero-order valence-corrected chi connectivity index (χ0v) is 72.6. The molecule has 20 atom stereocenters. The molecule has 722 valence electrons. The first kappa shape index (κ1) is 108. The van der Waals surface area contributed by atoms with Crippen LogP contribution in [-0.4, -0.2) is 341 Å². The fourth-order valence-electron chi connectivity index (χ4n) is 10.9. The van der Waals surface area contributed by atoms with Gasteiger partial charge in [0.2, 0.25) is 0 Å². The van der Waals surface area contributed by atoms with Crippen molar-refractivity contribution in [3.8, 4) is 0 Å². The van der Waals surface area contributed by atoms with Crippen molar-refractivity contribution in [2.75, 3.05) is 37.1 Å². The predicted octanol–water partition coefficient (Wildman–Crippen LogP) is -6.80. The fourth-order valence-corrected chi connectivity index (χ4v) is 19.4. The molecule has 0 spiro atoms. The first-order chi connectivity index (χ1) is 56.9. The van der Waals surface area contributed by atoms with Gasteiger partial charge in [-0.1, -0.05) is 23.5 Å². The maximum absolute atomic E-state index is 13.6. The van der Waals surface area contributed by atoms with Gasteiger partial charge in [0.25, 0.3) is 11.8 Å². The summed E-state index contributed by atoms with van der Waals surface area (Å²) in [4.78, 5) is 26.6. The third kappa shape index (κ3) is 37.4. The Morgan fingerprint density at radius 3 is 0.675 bits per heavy atom. The highest BCUT2D eigenvalue weighted by Crippen LogP contribution is 2.44. The van der Waals surface area contributed by atoms with Crippen molar-refractivity contribution in [3.63, 3.8) is 0 Å². The molecule has 4 heterocycles. The highest BCUT2D eigenvalue weighted by Gasteiger charge is 2.62. The van der Waals surface area contributed by atoms with Gasteiger partial charge < -0.3 is 39.1 Å². The van der Waals surface area contributed by atoms with Crippen LogP contribution in [0.3, 0.4) is 0 Å². The van der Waals surface area contributed by atoms with Crippen molar-refractivity contribution in [3.05, 3.63) is 83.9 Å². The van der Waals surface area contributed by atoms with Gasteiger partial charge >= 0.3 is 146 Å². The van der Waals surface area contributed by atoms with E-state index in [2.05, 4.69) is 69.2 Å². The van der Waals surface area contributed by atoms with E-state index in [-0.39, 0.29) is 55.8 Å². The number of carbonyl (C=O) groups is 2. The van der Waals surface area contributed by atoms with E-state index in [9.17, 15) is 191 Å². The average molecular weight is 2150 g/mol. The molecule has 7 rings (SSSR count). The molecule has 0 radical (unpaired) electrons. The highest BCUT2D eigenvalue weighted by molar-refractivity contribution is 8.00. The Morgan fingerprint density at radius 2 is 0.452 bits per heavy atom. The number of amides is 2. The summed E-state index contributed by atoms with van der Waals surface area (Å²) >= 11 is 0.212. The molecule has 4 fully saturated rings. The van der Waals surface area contributed by atoms with Gasteiger partial charge in [0, 0.05) is 32.3 Å². The maximum atomic E-state index is 13.6. The summed E-state index contributed by atoms with van der Waals surface area (Å²) in [6.07, 6.45) is -56.7. The van der Waals surface area contributed by atoms with Crippen molar-refractivity contribution >= 4 is 192 Å². The van der Waals surface area contributed by atoms with Crippen molar-refractivity contribution in [2.24, 2.45) is 0 Å². The Labute approximate surface area is 717 Å². The molecule has 3 aromatic rings. The Hall–Kier alpha value is -4.76. The van der Waals surface area contributed by atoms with Gasteiger partial charge in [0.05, 0.1) is 26.4 Å². The highest BCUT2D eigenvalue weighted by atomic mass is 32.3. The van der Waals surface area contributed by atoms with Crippen LogP contribution in [0, 0.1) is 0 Å². The molecule has 4 aliphatic rings. The normalized spacial score (nSPS) is 28.2. The van der Waals surface area contributed by atoms with Crippen LogP contribution in [0.5, 0.6) is 0 Å². The molecule has 0 unspecified atom stereocenters. The van der Waals surface area contributed by atoms with Crippen LogP contribution < -0.4 is 10.6 Å². The van der Waals surface area contributed by atoms with Gasteiger partial charge in [-0.15, -0.1) is 0 Å². The second kappa shape index (κ2) is 41.4. The summed E-state index contributed by atoms with van der Waals surface area (Å²) in [5.74, 6) is -2.00. The Morgan fingerprint density at radius 1 is 0.254 bits per heavy atom. The zero-order chi connectivity index (χ0) is 95.5. The first-order valence-electron chi connectivity index (χ1n) is 31.1. The second-order valence-corrected chi connectivity index (χ2v) is 41.1. The van der Waals surface area contributed by atoms with Crippen molar-refractivity contribution < 1.29 is 278 Å². The quantitative estimate of drug-likeness (QED) is 0.0234. The minimum absolute atomic E-state index is 0.106. The molecule has 16 N–H and O–H groups in total. The summed E-state index contributed by atoms with van der Waals surface area (Å²) < 4.78 is 569. The molecule has 126 heavy (non-hydrogen) atoms. The smallest absolute Gasteiger partial charge is 0.356 e. The van der Waals surface area contributed by atoms with Crippen LogP contribution in [-0.2, 0) is 233 Å². The number of rotatable bonds is 44. The van der Waals surface area contributed by atoms with Gasteiger partial charge in [0.15, 0.2) is 24.8 Å². The third-order valence-corrected chi connectivity index (χ3v) is 23.6. The van der Waals surface area contributed by atoms with Crippen LogP contribution in [0.25, 0.3) is 0 Å². The summed E-state index contributed by atoms with van der Waals surface area (Å²) in [6, 6.07) is 12.2. The van der Waals surface area contributed by atoms with E-state index in [1.807, 2.05) is 0 Å². The lowest BCUT2D eigenvalue weighted by atomic mass is 9.97. The molecular weight excluding hydrogens is 2090 g/mol. The van der Waals surface area contributed by atoms with Gasteiger partial charge in [-0.3, -0.25) is 73.3 Å². The van der Waals surface area contributed by atoms with Crippen LogP contribution >= 0.6 is 23.5 Å². The largest absolute Gasteiger partial charge is 0.397 e. The molecule has 0 aromatic heterocycles. The van der Waals surface area contributed by atoms with E-state index in [0.717, 1.165) is 72.8 Å². The lowest BCUT2D eigenvalue weighted by Gasteiger charge is -2.48. The van der Waals surface area contributed by atoms with Crippen molar-refractivity contribution in [2.45, 2.75) is 131 Å². The van der Waals surface area contributed by atoms with Crippen LogP contribution in [0.1, 0.15) is 20.7 Å². The van der Waals surface area contributed by atoms with Gasteiger partial charge in [-0.25, -0.2) is 58.6 Å². The number of hydrogen-bond acceptors (Lipinski definition) is 52. The van der Waals surface area contributed by atoms with Gasteiger partial charge in [-0.05, 0) is 72.8 Å². The molecule has 4 saturated heterocycles. The predicted molar refractivity (Wildman–Crippen MR) is 386 cm³/mol. The standard InChI is InChI=1S/C44H56N2O64S16/c47-39(45-19-5-9-21(10-6-19)111-43-37(109-125(85,86)87)31(103-119(67,68)69)27(23(97-43)13-91-113(49,50)51)99-41-35(107-123(79,80)81)33(105-121(73,74)75)29(101-117(61,62)63)25(95-41)15-93-115(55,56)57)17-1-2-18(4-3-17)40(48)46-20-7-11-22(12-8-20)112-44-38(110-126(88,89)90)32(104-120(70,71)72)28(24(98-44)14-92-114(52,53)54)100-42-36(108-124(82,83)84)34(106-122(76,77)78)30(102-118(64,65)66)26(96-42)16-94-116(58,59)60/h1-12,23-38,41-44H,13-16H2,(H,45,47)(H,46,48)(H,49,50,51)(H,52,53,54)(H,55,56,57)(H,58,59,60)(H,61,62,63)(H,64,65,66)(H,67,68,69)(H,70,71,72)(H,73,74,75)(H,76,77,78)(H,79,80,81)(H,82,83,84)(H,85,86,87)(H,88,89,90)/t23-,24-,25-,26-,27-,28-,29-,30-,31+,32+,33+,34+,35-,36-,37-,38-,41-,42-,43+,44+/m1/s1. The number of anilines is 2. The molecule has 0 aliphatic carbocycles. The minimum Gasteiger partial charge on any atom is -0.356 e. The summed E-state index contributed by atoms with van der Waals surface area (Å²) in [5, 5.41) is 4.76. The van der Waals surface area contributed by atoms with E-state index in [1.54, 1.807) is 0 Å². The van der Waals surface area contributed by atoms with Crippen LogP contribution in [0.4, 0.5) is 11.4 Å². The number of ether oxygens (including phenoxy) is 6. The maximum Gasteiger partial charge on any atom is 0.397 e. The Bertz CT molecular complexity index is 5760. The SMILES string of the molecule is O=C(Nc1ccc(S[C@@H]2O[C@H](COS(=O)(=O)O)[C@@H](O[C@H]3O[C@H](COS(=O)(=O)O)[C@@H](OS(=O)(=O)O)[C@H](OS(=O)(=O)O)[C@H]3OS(=O)(=O)O)[C@H](OS(=O)(=O)O)[C@H]2OS(=O)(=O)O)cc1)c1ccc(C(=O)Nc2ccc(S[C@@H]3O[C@H](COS(=O)(=O)O)[C@@H](O[C@H]4O[C@H](COS(=O)(=O)O)[C@@H](OS(=O)(=O)O)[C@H](OS(=O)(=O)O)[C@H]4OS(=O)(=O)O)[C@H](OS(=O)(=O)O)[C@H]3OS(=O)(=O)O)cc2)cc1. The number of carbonyl (C=O) groups excluding carboxylic acids is 2. The average Bonchev–Trinajstić information content (AvgIpc) is 0.757. The molecule has 66 nitrogen and oxygen atoms in total. The first-order valence-corrected chi connectivity index (χ1v) is 52.0. The molecule has 0 bridgehead atoms. The number of nitrogens with one attached hydrogen (secondary N) is 2. The van der Waals surface area contributed by atoms with E-state index >= 15 is 0 Å².